The van der Waals surface area contributed by atoms with Crippen molar-refractivity contribution in [2.24, 2.45) is 0 Å². The Balaban J connectivity index is 0.000000448. The molecule has 1 atom stereocenters. The van der Waals surface area contributed by atoms with Crippen molar-refractivity contribution in [3.05, 3.63) is 52.0 Å². The number of fused-ring (bicyclic) bond motifs is 1. The second kappa shape index (κ2) is 11.2. The Labute approximate surface area is 216 Å². The van der Waals surface area contributed by atoms with E-state index in [2.05, 4.69) is 15.1 Å². The van der Waals surface area contributed by atoms with E-state index < -0.39 is 29.6 Å². The summed E-state index contributed by atoms with van der Waals surface area (Å²) in [5.41, 5.74) is 0.284. The number of H-pyrrole nitrogens is 1. The SMILES string of the molecule is CC(c1nc2c(cnn2C2CCOCC2)c(=O)[nH]1)N1CC(Oc2ccc(F)c(F)c2F)C1.O=C(O)C(F)(F)F. The number of carbonyl (C=O) groups is 1. The number of ether oxygens (including phenoxy) is 2. The number of aromatic amines is 1. The van der Waals surface area contributed by atoms with Crippen molar-refractivity contribution in [2.45, 2.75) is 44.1 Å². The number of nitrogens with one attached hydrogen (secondary N) is 1. The third-order valence-electron chi connectivity index (χ3n) is 6.37. The molecule has 2 aliphatic rings. The van der Waals surface area contributed by atoms with Gasteiger partial charge in [-0.05, 0) is 31.9 Å². The van der Waals surface area contributed by atoms with Gasteiger partial charge in [0.2, 0.25) is 5.82 Å². The molecule has 0 radical (unpaired) electrons. The average Bonchev–Trinajstić information content (AvgIpc) is 3.30. The third-order valence-corrected chi connectivity index (χ3v) is 6.37. The highest BCUT2D eigenvalue weighted by atomic mass is 19.4. The van der Waals surface area contributed by atoms with Gasteiger partial charge < -0.3 is 19.6 Å². The molecular formula is C23H23F6N5O5. The standard InChI is InChI=1S/C21H22F3N5O3.C2HF3O2/c1-11(28-9-13(10-28)32-16-3-2-15(22)17(23)18(16)24)19-26-20-14(21(30)27-19)8-25-29(20)12-4-6-31-7-5-12;3-2(4,5)1(6)7/h2-3,8,11-13H,4-7,9-10H2,1H3,(H,26,27,30);(H,6,7). The van der Waals surface area contributed by atoms with Crippen molar-refractivity contribution in [3.63, 3.8) is 0 Å². The fraction of sp³-hybridized carbons (Fsp3) is 0.478. The number of hydrogen-bond acceptors (Lipinski definition) is 7. The van der Waals surface area contributed by atoms with Gasteiger partial charge in [0.25, 0.3) is 5.56 Å². The lowest BCUT2D eigenvalue weighted by Crippen LogP contribution is -2.54. The Morgan fingerprint density at radius 1 is 1.18 bits per heavy atom. The molecular weight excluding hydrogens is 540 g/mol. The van der Waals surface area contributed by atoms with Gasteiger partial charge >= 0.3 is 12.1 Å². The first-order valence-electron chi connectivity index (χ1n) is 11.8. The molecule has 0 amide bonds. The van der Waals surface area contributed by atoms with Crippen LogP contribution in [0.5, 0.6) is 5.75 Å². The lowest BCUT2D eigenvalue weighted by Gasteiger charge is -2.42. The molecule has 4 heterocycles. The van der Waals surface area contributed by atoms with Gasteiger partial charge in [0.05, 0.1) is 18.3 Å². The van der Waals surface area contributed by atoms with Crippen LogP contribution in [0.25, 0.3) is 11.0 Å². The zero-order valence-corrected chi connectivity index (χ0v) is 20.3. The smallest absolute Gasteiger partial charge is 0.485 e. The first kappa shape index (κ1) is 28.4. The van der Waals surface area contributed by atoms with E-state index in [1.165, 1.54) is 6.20 Å². The topological polar surface area (TPSA) is 123 Å². The van der Waals surface area contributed by atoms with Gasteiger partial charge in [-0.3, -0.25) is 9.69 Å². The summed E-state index contributed by atoms with van der Waals surface area (Å²) in [6.07, 6.45) is -2.32. The summed E-state index contributed by atoms with van der Waals surface area (Å²) in [5, 5.41) is 12.0. The van der Waals surface area contributed by atoms with Gasteiger partial charge in [-0.15, -0.1) is 0 Å². The molecule has 212 valence electrons. The van der Waals surface area contributed by atoms with E-state index in [4.69, 9.17) is 19.4 Å². The zero-order valence-electron chi connectivity index (χ0n) is 20.3. The fourth-order valence-electron chi connectivity index (χ4n) is 4.16. The van der Waals surface area contributed by atoms with Gasteiger partial charge in [0.1, 0.15) is 17.3 Å². The number of carboxylic acids is 1. The summed E-state index contributed by atoms with van der Waals surface area (Å²) in [4.78, 5) is 31.0. The predicted molar refractivity (Wildman–Crippen MR) is 122 cm³/mol. The highest BCUT2D eigenvalue weighted by molar-refractivity contribution is 5.73. The molecule has 1 unspecified atom stereocenters. The maximum Gasteiger partial charge on any atom is 0.490 e. The van der Waals surface area contributed by atoms with Crippen LogP contribution in [0.1, 0.15) is 37.7 Å². The van der Waals surface area contributed by atoms with Crippen LogP contribution < -0.4 is 10.3 Å². The summed E-state index contributed by atoms with van der Waals surface area (Å²) < 4.78 is 84.7. The van der Waals surface area contributed by atoms with Crippen molar-refractivity contribution >= 4 is 17.0 Å². The minimum absolute atomic E-state index is 0.131. The molecule has 2 N–H and O–H groups in total. The van der Waals surface area contributed by atoms with Gasteiger partial charge in [-0.2, -0.15) is 22.7 Å². The first-order valence-corrected chi connectivity index (χ1v) is 11.8. The number of rotatable bonds is 5. The summed E-state index contributed by atoms with van der Waals surface area (Å²) in [7, 11) is 0. The minimum atomic E-state index is -5.08. The van der Waals surface area contributed by atoms with E-state index in [1.54, 1.807) is 4.68 Å². The van der Waals surface area contributed by atoms with Crippen LogP contribution in [0.3, 0.4) is 0 Å². The van der Waals surface area contributed by atoms with Gasteiger partial charge in [-0.1, -0.05) is 0 Å². The molecule has 0 bridgehead atoms. The summed E-state index contributed by atoms with van der Waals surface area (Å²) >= 11 is 0. The molecule has 0 spiro atoms. The van der Waals surface area contributed by atoms with Gasteiger partial charge in [-0.25, -0.2) is 23.2 Å². The van der Waals surface area contributed by atoms with Crippen molar-refractivity contribution in [2.75, 3.05) is 26.3 Å². The maximum absolute atomic E-state index is 13.8. The van der Waals surface area contributed by atoms with Crippen LogP contribution in [0.4, 0.5) is 26.3 Å². The average molecular weight is 563 g/mol. The molecule has 2 aliphatic heterocycles. The van der Waals surface area contributed by atoms with E-state index in [1.807, 2.05) is 11.8 Å². The number of carboxylic acid groups (broad SMARTS) is 1. The highest BCUT2D eigenvalue weighted by Crippen LogP contribution is 2.29. The van der Waals surface area contributed by atoms with Crippen molar-refractivity contribution in [3.8, 4) is 5.75 Å². The maximum atomic E-state index is 13.8. The van der Waals surface area contributed by atoms with Crippen LogP contribution in [-0.2, 0) is 9.53 Å². The van der Waals surface area contributed by atoms with Crippen molar-refractivity contribution in [1.29, 1.82) is 0 Å². The van der Waals surface area contributed by atoms with Crippen LogP contribution in [0, 0.1) is 17.5 Å². The van der Waals surface area contributed by atoms with E-state index in [0.29, 0.717) is 43.2 Å². The van der Waals surface area contributed by atoms with Crippen molar-refractivity contribution < 1.29 is 45.7 Å². The molecule has 1 aromatic carbocycles. The molecule has 0 saturated carbocycles. The number of alkyl halides is 3. The van der Waals surface area contributed by atoms with Crippen LogP contribution in [-0.4, -0.2) is 74.3 Å². The number of aromatic nitrogens is 4. The lowest BCUT2D eigenvalue weighted by atomic mass is 10.1. The molecule has 2 saturated heterocycles. The molecule has 0 aliphatic carbocycles. The number of likely N-dealkylation sites (tertiary alicyclic amines) is 1. The van der Waals surface area contributed by atoms with Crippen LogP contribution in [0.15, 0.2) is 23.1 Å². The Morgan fingerprint density at radius 3 is 2.44 bits per heavy atom. The fourth-order valence-corrected chi connectivity index (χ4v) is 4.16. The van der Waals surface area contributed by atoms with Gasteiger partial charge in [0, 0.05) is 26.3 Å². The molecule has 2 fully saturated rings. The summed E-state index contributed by atoms with van der Waals surface area (Å²) in [6.45, 7) is 4.02. The Morgan fingerprint density at radius 2 is 1.82 bits per heavy atom. The normalized spacial score (nSPS) is 17.8. The zero-order chi connectivity index (χ0) is 28.5. The molecule has 16 heteroatoms. The summed E-state index contributed by atoms with van der Waals surface area (Å²) in [6, 6.07) is 1.80. The third kappa shape index (κ3) is 6.16. The predicted octanol–water partition coefficient (Wildman–Crippen LogP) is 3.35. The van der Waals surface area contributed by atoms with E-state index >= 15 is 0 Å². The number of nitrogens with zero attached hydrogens (tertiary/aromatic N) is 4. The second-order valence-electron chi connectivity index (χ2n) is 8.97. The Hall–Kier alpha value is -3.66. The number of halogens is 6. The molecule has 2 aromatic heterocycles. The highest BCUT2D eigenvalue weighted by Gasteiger charge is 2.38. The Bertz CT molecular complexity index is 1400. The lowest BCUT2D eigenvalue weighted by molar-refractivity contribution is -0.192. The molecule has 5 rings (SSSR count). The first-order chi connectivity index (χ1) is 18.4. The van der Waals surface area contributed by atoms with Crippen LogP contribution >= 0.6 is 0 Å². The van der Waals surface area contributed by atoms with E-state index in [-0.39, 0.29) is 29.5 Å². The number of hydrogen-bond donors (Lipinski definition) is 2. The van der Waals surface area contributed by atoms with Gasteiger partial charge in [0.15, 0.2) is 23.0 Å². The second-order valence-corrected chi connectivity index (χ2v) is 8.97. The van der Waals surface area contributed by atoms with E-state index in [0.717, 1.165) is 25.0 Å². The number of aliphatic carboxylic acids is 1. The minimum Gasteiger partial charge on any atom is -0.485 e. The van der Waals surface area contributed by atoms with Crippen LogP contribution in [0.2, 0.25) is 0 Å². The van der Waals surface area contributed by atoms with Crippen molar-refractivity contribution in [1.82, 2.24) is 24.6 Å². The quantitative estimate of drug-likeness (QED) is 0.358. The molecule has 39 heavy (non-hydrogen) atoms. The largest absolute Gasteiger partial charge is 0.490 e. The molecule has 10 nitrogen and oxygen atoms in total. The molecule has 3 aromatic rings. The Kier molecular flexibility index (Phi) is 8.15. The number of benzene rings is 1. The summed E-state index contributed by atoms with van der Waals surface area (Å²) in [5.74, 6) is -6.74. The van der Waals surface area contributed by atoms with E-state index in [9.17, 15) is 31.1 Å². The monoisotopic (exact) mass is 563 g/mol.